The molecule has 6 atom stereocenters. The Morgan fingerprint density at radius 1 is 0.543 bits per heavy atom. The third-order valence-electron chi connectivity index (χ3n) is 7.71. The molecule has 2 aromatic carbocycles. The van der Waals surface area contributed by atoms with Gasteiger partial charge in [-0.3, -0.25) is 24.4 Å². The number of rotatable bonds is 22. The maximum absolute atomic E-state index is 12.9. The average Bonchev–Trinajstić information content (AvgIpc) is 3.04. The maximum atomic E-state index is 12.9. The average molecular weight is 676 g/mol. The van der Waals surface area contributed by atoms with E-state index in [1.165, 1.54) is 11.1 Å². The van der Waals surface area contributed by atoms with Gasteiger partial charge in [0, 0.05) is 0 Å². The molecule has 0 aliphatic carbocycles. The van der Waals surface area contributed by atoms with Gasteiger partial charge in [-0.25, -0.2) is 0 Å². The molecule has 13 heteroatoms. The molecule has 0 aliphatic heterocycles. The summed E-state index contributed by atoms with van der Waals surface area (Å²) in [6.07, 6.45) is 5.83. The monoisotopic (exact) mass is 674 g/mol. The number of hydrogen-bond acceptors (Lipinski definition) is 7. The van der Waals surface area contributed by atoms with Crippen LogP contribution in [0.15, 0.2) is 70.6 Å². The maximum Gasteiger partial charge on any atom is 0.186 e. The van der Waals surface area contributed by atoms with E-state index in [2.05, 4.69) is 9.98 Å². The van der Waals surface area contributed by atoms with Crippen molar-refractivity contribution in [1.82, 2.24) is 0 Å². The molecule has 252 valence electrons. The van der Waals surface area contributed by atoms with Crippen molar-refractivity contribution in [2.24, 2.45) is 44.4 Å². The van der Waals surface area contributed by atoms with Gasteiger partial charge in [0.2, 0.25) is 0 Å². The van der Waals surface area contributed by atoms with E-state index in [1.54, 1.807) is 0 Å². The molecule has 0 saturated carbocycles. The number of nitrogens with two attached hydrogens (primary N) is 6. The van der Waals surface area contributed by atoms with Crippen LogP contribution in [0.5, 0.6) is 0 Å². The van der Waals surface area contributed by atoms with E-state index in [0.29, 0.717) is 25.7 Å². The van der Waals surface area contributed by atoms with Crippen molar-refractivity contribution in [1.29, 1.82) is 0 Å². The summed E-state index contributed by atoms with van der Waals surface area (Å²) in [6.45, 7) is 0. The predicted octanol–water partition coefficient (Wildman–Crippen LogP) is 2.45. The number of alkyl halides is 2. The molecule has 2 aromatic rings. The van der Waals surface area contributed by atoms with Crippen LogP contribution in [-0.2, 0) is 27.2 Å². The second kappa shape index (κ2) is 20.6. The minimum Gasteiger partial charge on any atom is -0.370 e. The Kier molecular flexibility index (Phi) is 17.3. The van der Waals surface area contributed by atoms with Crippen LogP contribution < -0.4 is 34.4 Å². The normalized spacial score (nSPS) is 15.0. The molecule has 12 N–H and O–H groups in total. The van der Waals surface area contributed by atoms with E-state index < -0.39 is 40.2 Å². The van der Waals surface area contributed by atoms with E-state index >= 15 is 0 Å². The molecule has 0 heterocycles. The van der Waals surface area contributed by atoms with Gasteiger partial charge in [-0.2, -0.15) is 0 Å². The van der Waals surface area contributed by atoms with Gasteiger partial charge in [0.15, 0.2) is 40.0 Å². The van der Waals surface area contributed by atoms with Crippen molar-refractivity contribution >= 4 is 52.5 Å². The first-order valence-corrected chi connectivity index (χ1v) is 16.4. The van der Waals surface area contributed by atoms with Crippen LogP contribution >= 0.6 is 23.2 Å². The number of benzene rings is 2. The minimum atomic E-state index is -1.71. The topological polar surface area (TPSA) is 232 Å². The van der Waals surface area contributed by atoms with Crippen molar-refractivity contribution < 1.29 is 14.4 Å². The molecular formula is C33H48Cl2N8O3. The number of halogens is 2. The highest BCUT2D eigenvalue weighted by molar-refractivity contribution is 6.52. The quantitative estimate of drug-likeness (QED) is 0.0465. The van der Waals surface area contributed by atoms with Crippen molar-refractivity contribution in [2.75, 3.05) is 0 Å². The molecule has 0 radical (unpaired) electrons. The van der Waals surface area contributed by atoms with Gasteiger partial charge >= 0.3 is 0 Å². The molecule has 4 unspecified atom stereocenters. The number of hydrogen-bond donors (Lipinski definition) is 6. The molecule has 46 heavy (non-hydrogen) atoms. The molecule has 0 saturated heterocycles. The van der Waals surface area contributed by atoms with Gasteiger partial charge in [0.05, 0.1) is 24.2 Å². The summed E-state index contributed by atoms with van der Waals surface area (Å²) in [5, 5.41) is -3.42. The van der Waals surface area contributed by atoms with Gasteiger partial charge in [0.1, 0.15) is 0 Å². The van der Waals surface area contributed by atoms with Gasteiger partial charge in [-0.1, -0.05) is 60.7 Å². The highest BCUT2D eigenvalue weighted by Gasteiger charge is 2.37. The van der Waals surface area contributed by atoms with Crippen LogP contribution in [0, 0.1) is 0 Å². The first kappa shape index (κ1) is 38.7. The molecule has 0 fully saturated rings. The van der Waals surface area contributed by atoms with Crippen LogP contribution in [0.2, 0.25) is 0 Å². The number of nitrogens with zero attached hydrogens (tertiary/aromatic N) is 2. The number of Topliss-reactive ketones (excluding diaryl/α,β-unsaturated/α-hetero) is 3. The van der Waals surface area contributed by atoms with Crippen molar-refractivity contribution in [3.63, 3.8) is 0 Å². The Labute approximate surface area is 281 Å². The summed E-state index contributed by atoms with van der Waals surface area (Å²) < 4.78 is 0. The van der Waals surface area contributed by atoms with Crippen molar-refractivity contribution in [2.45, 2.75) is 99.1 Å². The third kappa shape index (κ3) is 14.3. The second-order valence-electron chi connectivity index (χ2n) is 11.5. The van der Waals surface area contributed by atoms with Gasteiger partial charge in [-0.05, 0) is 75.3 Å². The first-order valence-electron chi connectivity index (χ1n) is 15.5. The summed E-state index contributed by atoms with van der Waals surface area (Å²) in [5.41, 5.74) is 37.0. The number of carbonyl (C=O) groups is 3. The SMILES string of the molecule is NC(N)=NC(CCCc1ccccc1)CC[C@H](N)C(=O)C(Cl)C(=O)C(Cl)C(=O)[C@@H](N)CCC(CCCc1ccccc1)N=C(N)N. The van der Waals surface area contributed by atoms with Crippen molar-refractivity contribution in [3.05, 3.63) is 71.8 Å². The fourth-order valence-corrected chi connectivity index (χ4v) is 5.79. The highest BCUT2D eigenvalue weighted by Crippen LogP contribution is 2.19. The Bertz CT molecular complexity index is 1190. The summed E-state index contributed by atoms with van der Waals surface area (Å²) in [4.78, 5) is 47.3. The van der Waals surface area contributed by atoms with Crippen LogP contribution in [-0.4, -0.2) is 64.2 Å². The standard InChI is InChI=1S/C33H48Cl2N8O3/c34-27(29(44)25(36)19-17-23(42-32(38)39)15-7-13-21-9-3-1-4-10-21)31(46)28(35)30(45)26(37)20-18-24(43-33(40)41)16-8-14-22-11-5-2-6-12-22/h1-6,9-12,23-28H,7-8,13-20,36-37H2,(H4,38,39,42)(H4,40,41,43)/t23?,24?,25-,26-,27?,28?/m0/s1. The molecule has 0 aromatic heterocycles. The molecule has 0 amide bonds. The number of carbonyl (C=O) groups excluding carboxylic acids is 3. The fraction of sp³-hybridized carbons (Fsp3) is 0.485. The number of ketones is 3. The molecular weight excluding hydrogens is 627 g/mol. The zero-order chi connectivity index (χ0) is 34.1. The third-order valence-corrected chi connectivity index (χ3v) is 8.57. The second-order valence-corrected chi connectivity index (χ2v) is 12.3. The predicted molar refractivity (Wildman–Crippen MR) is 187 cm³/mol. The smallest absolute Gasteiger partial charge is 0.186 e. The minimum absolute atomic E-state index is 0.0633. The van der Waals surface area contributed by atoms with Gasteiger partial charge in [-0.15, -0.1) is 23.2 Å². The summed E-state index contributed by atoms with van der Waals surface area (Å²) in [7, 11) is 0. The zero-order valence-corrected chi connectivity index (χ0v) is 27.7. The van der Waals surface area contributed by atoms with Gasteiger partial charge < -0.3 is 34.4 Å². The Morgan fingerprint density at radius 2 is 0.891 bits per heavy atom. The van der Waals surface area contributed by atoms with Crippen molar-refractivity contribution in [3.8, 4) is 0 Å². The molecule has 0 aliphatic rings. The number of aliphatic imine (C=N–C) groups is 2. The van der Waals surface area contributed by atoms with Crippen LogP contribution in [0.3, 0.4) is 0 Å². The summed E-state index contributed by atoms with van der Waals surface area (Å²) >= 11 is 12.4. The summed E-state index contributed by atoms with van der Waals surface area (Å²) in [5.74, 6) is -2.56. The van der Waals surface area contributed by atoms with E-state index in [4.69, 9.17) is 57.6 Å². The molecule has 0 bridgehead atoms. The lowest BCUT2D eigenvalue weighted by molar-refractivity contribution is -0.130. The number of guanidine groups is 2. The van der Waals surface area contributed by atoms with Crippen LogP contribution in [0.25, 0.3) is 0 Å². The number of aryl methyl sites for hydroxylation is 2. The van der Waals surface area contributed by atoms with E-state index in [-0.39, 0.29) is 36.8 Å². The Balaban J connectivity index is 1.86. The largest absolute Gasteiger partial charge is 0.370 e. The highest BCUT2D eigenvalue weighted by atomic mass is 35.5. The molecule has 2 rings (SSSR count). The Hall–Kier alpha value is -3.51. The van der Waals surface area contributed by atoms with Crippen LogP contribution in [0.4, 0.5) is 0 Å². The fourth-order valence-electron chi connectivity index (χ4n) is 5.15. The lowest BCUT2D eigenvalue weighted by atomic mass is 9.94. The summed E-state index contributed by atoms with van der Waals surface area (Å²) in [6, 6.07) is 17.3. The first-order chi connectivity index (χ1) is 21.9. The lowest BCUT2D eigenvalue weighted by Gasteiger charge is -2.20. The van der Waals surface area contributed by atoms with Gasteiger partial charge in [0.25, 0.3) is 0 Å². The van der Waals surface area contributed by atoms with E-state index in [1.807, 2.05) is 60.7 Å². The lowest BCUT2D eigenvalue weighted by Crippen LogP contribution is -2.47. The molecule has 0 spiro atoms. The molecule has 11 nitrogen and oxygen atoms in total. The van der Waals surface area contributed by atoms with E-state index in [9.17, 15) is 14.4 Å². The zero-order valence-electron chi connectivity index (χ0n) is 26.1. The Morgan fingerprint density at radius 3 is 1.22 bits per heavy atom. The van der Waals surface area contributed by atoms with E-state index in [0.717, 1.165) is 25.7 Å². The van der Waals surface area contributed by atoms with Crippen LogP contribution in [0.1, 0.15) is 62.5 Å².